The van der Waals surface area contributed by atoms with Gasteiger partial charge in [-0.05, 0) is 36.4 Å². The summed E-state index contributed by atoms with van der Waals surface area (Å²) in [6, 6.07) is 21.1. The van der Waals surface area contributed by atoms with Crippen LogP contribution in [0.1, 0.15) is 12.2 Å². The molecule has 28 heavy (non-hydrogen) atoms. The van der Waals surface area contributed by atoms with Gasteiger partial charge in [0.25, 0.3) is 0 Å². The van der Waals surface area contributed by atoms with E-state index in [0.29, 0.717) is 5.76 Å². The second-order valence-electron chi connectivity index (χ2n) is 6.10. The Morgan fingerprint density at radius 2 is 1.54 bits per heavy atom. The number of benzene rings is 2. The molecular formula is C21H21N3O4. The number of nitrogens with zero attached hydrogens (tertiary/aromatic N) is 1. The summed E-state index contributed by atoms with van der Waals surface area (Å²) in [5.41, 5.74) is 4.32. The lowest BCUT2D eigenvalue weighted by atomic mass is 10.2. The minimum absolute atomic E-state index is 0.221. The van der Waals surface area contributed by atoms with Gasteiger partial charge in [0.1, 0.15) is 11.8 Å². The van der Waals surface area contributed by atoms with Crippen LogP contribution in [0.25, 0.3) is 0 Å². The molecule has 0 saturated heterocycles. The molecule has 0 aliphatic carbocycles. The molecular weight excluding hydrogens is 358 g/mol. The summed E-state index contributed by atoms with van der Waals surface area (Å²) in [6.07, 6.45) is 1.28. The molecule has 1 atom stereocenters. The lowest BCUT2D eigenvalue weighted by Gasteiger charge is -2.26. The number of hydrazine groups is 1. The second-order valence-corrected chi connectivity index (χ2v) is 6.10. The number of amides is 1. The summed E-state index contributed by atoms with van der Waals surface area (Å²) < 4.78 is 5.18. The van der Waals surface area contributed by atoms with Crippen molar-refractivity contribution in [2.75, 3.05) is 5.01 Å². The van der Waals surface area contributed by atoms with Crippen molar-refractivity contribution in [3.63, 3.8) is 0 Å². The molecule has 3 N–H and O–H groups in total. The van der Waals surface area contributed by atoms with E-state index in [1.165, 1.54) is 6.26 Å². The number of furan rings is 1. The number of carbonyl (C=O) groups is 2. The minimum Gasteiger partial charge on any atom is -0.480 e. The van der Waals surface area contributed by atoms with Crippen LogP contribution in [0.2, 0.25) is 0 Å². The first-order valence-corrected chi connectivity index (χ1v) is 8.82. The molecule has 1 aromatic heterocycles. The standard InChI is InChI=1S/C21H21N3O4/c25-20(14-19(21(26)27)22-15-18-12-7-13-28-18)23-24(16-8-3-1-4-9-16)17-10-5-2-6-11-17/h1-13,19,22H,14-15H2,(H,23,25)(H,26,27). The summed E-state index contributed by atoms with van der Waals surface area (Å²) in [7, 11) is 0. The Balaban J connectivity index is 1.69. The van der Waals surface area contributed by atoms with E-state index in [2.05, 4.69) is 10.7 Å². The first-order chi connectivity index (χ1) is 13.6. The molecule has 0 radical (unpaired) electrons. The highest BCUT2D eigenvalue weighted by atomic mass is 16.4. The first-order valence-electron chi connectivity index (χ1n) is 8.82. The molecule has 144 valence electrons. The smallest absolute Gasteiger partial charge is 0.321 e. The maximum absolute atomic E-state index is 12.6. The Morgan fingerprint density at radius 1 is 0.929 bits per heavy atom. The number of nitrogens with one attached hydrogen (secondary N) is 2. The van der Waals surface area contributed by atoms with Crippen molar-refractivity contribution in [2.24, 2.45) is 0 Å². The van der Waals surface area contributed by atoms with Crippen molar-refractivity contribution in [1.82, 2.24) is 10.7 Å². The van der Waals surface area contributed by atoms with Crippen molar-refractivity contribution in [3.05, 3.63) is 84.8 Å². The van der Waals surface area contributed by atoms with Crippen molar-refractivity contribution >= 4 is 23.3 Å². The van der Waals surface area contributed by atoms with Gasteiger partial charge in [-0.25, -0.2) is 0 Å². The quantitative estimate of drug-likeness (QED) is 0.495. The lowest BCUT2D eigenvalue weighted by molar-refractivity contribution is -0.141. The van der Waals surface area contributed by atoms with E-state index in [1.54, 1.807) is 17.1 Å². The molecule has 1 heterocycles. The van der Waals surface area contributed by atoms with E-state index in [0.717, 1.165) is 11.4 Å². The number of carboxylic acid groups (broad SMARTS) is 1. The van der Waals surface area contributed by atoms with Gasteiger partial charge in [0.05, 0.1) is 30.6 Å². The van der Waals surface area contributed by atoms with Crippen LogP contribution < -0.4 is 15.8 Å². The molecule has 7 nitrogen and oxygen atoms in total. The Kier molecular flexibility index (Phi) is 6.43. The van der Waals surface area contributed by atoms with Gasteiger partial charge in [-0.15, -0.1) is 0 Å². The third kappa shape index (κ3) is 5.21. The van der Waals surface area contributed by atoms with Gasteiger partial charge in [0, 0.05) is 0 Å². The largest absolute Gasteiger partial charge is 0.480 e. The van der Waals surface area contributed by atoms with Gasteiger partial charge in [0.15, 0.2) is 0 Å². The monoisotopic (exact) mass is 379 g/mol. The van der Waals surface area contributed by atoms with Gasteiger partial charge >= 0.3 is 5.97 Å². The SMILES string of the molecule is O=C(CC(NCc1ccco1)C(=O)O)NN(c1ccccc1)c1ccccc1. The van der Waals surface area contributed by atoms with E-state index < -0.39 is 17.9 Å². The zero-order chi connectivity index (χ0) is 19.8. The second kappa shape index (κ2) is 9.38. The third-order valence-electron chi connectivity index (χ3n) is 4.06. The molecule has 0 aliphatic rings. The summed E-state index contributed by atoms with van der Waals surface area (Å²) in [4.78, 5) is 24.1. The number of carbonyl (C=O) groups excluding carboxylic acids is 1. The van der Waals surface area contributed by atoms with Gasteiger partial charge in [-0.1, -0.05) is 36.4 Å². The van der Waals surface area contributed by atoms with E-state index >= 15 is 0 Å². The molecule has 0 spiro atoms. The molecule has 0 saturated carbocycles. The molecule has 0 fully saturated rings. The fourth-order valence-corrected chi connectivity index (χ4v) is 2.67. The van der Waals surface area contributed by atoms with Gasteiger partial charge in [-0.3, -0.25) is 25.3 Å². The zero-order valence-electron chi connectivity index (χ0n) is 15.1. The van der Waals surface area contributed by atoms with Crippen molar-refractivity contribution < 1.29 is 19.1 Å². The molecule has 1 amide bonds. The number of rotatable bonds is 9. The number of para-hydroxylation sites is 2. The molecule has 1 unspecified atom stereocenters. The Labute approximate surface area is 162 Å². The number of aliphatic carboxylic acids is 1. The third-order valence-corrected chi connectivity index (χ3v) is 4.06. The highest BCUT2D eigenvalue weighted by Gasteiger charge is 2.23. The molecule has 0 aliphatic heterocycles. The summed E-state index contributed by atoms with van der Waals surface area (Å²) >= 11 is 0. The highest BCUT2D eigenvalue weighted by molar-refractivity contribution is 5.86. The number of carboxylic acids is 1. The lowest BCUT2D eigenvalue weighted by Crippen LogP contribution is -2.45. The molecule has 2 aromatic carbocycles. The van der Waals surface area contributed by atoms with Crippen LogP contribution in [0.15, 0.2) is 83.5 Å². The summed E-state index contributed by atoms with van der Waals surface area (Å²) in [5.74, 6) is -0.929. The fraction of sp³-hybridized carbons (Fsp3) is 0.143. The van der Waals surface area contributed by atoms with E-state index in [9.17, 15) is 14.7 Å². The van der Waals surface area contributed by atoms with Crippen LogP contribution in [0.5, 0.6) is 0 Å². The van der Waals surface area contributed by atoms with Gasteiger partial charge < -0.3 is 9.52 Å². The van der Waals surface area contributed by atoms with Crippen molar-refractivity contribution in [1.29, 1.82) is 0 Å². The molecule has 3 rings (SSSR count). The van der Waals surface area contributed by atoms with E-state index in [4.69, 9.17) is 4.42 Å². The zero-order valence-corrected chi connectivity index (χ0v) is 15.1. The number of hydrogen-bond acceptors (Lipinski definition) is 5. The van der Waals surface area contributed by atoms with Crippen molar-refractivity contribution in [2.45, 2.75) is 19.0 Å². The first kappa shape index (κ1) is 19.2. The number of hydrogen-bond donors (Lipinski definition) is 3. The Hall–Kier alpha value is -3.58. The predicted molar refractivity (Wildman–Crippen MR) is 105 cm³/mol. The summed E-state index contributed by atoms with van der Waals surface area (Å²) in [5, 5.41) is 13.9. The number of anilines is 2. The van der Waals surface area contributed by atoms with Gasteiger partial charge in [-0.2, -0.15) is 0 Å². The van der Waals surface area contributed by atoms with Gasteiger partial charge in [0.2, 0.25) is 5.91 Å². The van der Waals surface area contributed by atoms with E-state index in [1.807, 2.05) is 60.7 Å². The summed E-state index contributed by atoms with van der Waals surface area (Å²) in [6.45, 7) is 0.221. The fourth-order valence-electron chi connectivity index (χ4n) is 2.67. The van der Waals surface area contributed by atoms with Crippen LogP contribution >= 0.6 is 0 Å². The normalized spacial score (nSPS) is 11.6. The average Bonchev–Trinajstić information content (AvgIpc) is 3.24. The average molecular weight is 379 g/mol. The Morgan fingerprint density at radius 3 is 2.04 bits per heavy atom. The Bertz CT molecular complexity index is 843. The highest BCUT2D eigenvalue weighted by Crippen LogP contribution is 2.22. The van der Waals surface area contributed by atoms with E-state index in [-0.39, 0.29) is 13.0 Å². The van der Waals surface area contributed by atoms with Crippen molar-refractivity contribution in [3.8, 4) is 0 Å². The molecule has 0 bridgehead atoms. The van der Waals surface area contributed by atoms with Crippen LogP contribution in [0.4, 0.5) is 11.4 Å². The predicted octanol–water partition coefficient (Wildman–Crippen LogP) is 3.08. The van der Waals surface area contributed by atoms with Crippen LogP contribution in [0, 0.1) is 0 Å². The van der Waals surface area contributed by atoms with Crippen LogP contribution in [-0.4, -0.2) is 23.0 Å². The van der Waals surface area contributed by atoms with Crippen LogP contribution in [-0.2, 0) is 16.1 Å². The minimum atomic E-state index is -1.10. The maximum atomic E-state index is 12.6. The molecule has 7 heteroatoms. The maximum Gasteiger partial charge on any atom is 0.321 e. The van der Waals surface area contributed by atoms with Crippen LogP contribution in [0.3, 0.4) is 0 Å². The molecule has 3 aromatic rings. The topological polar surface area (TPSA) is 94.8 Å².